The van der Waals surface area contributed by atoms with Gasteiger partial charge in [-0.25, -0.2) is 0 Å². The molecule has 1 aromatic heterocycles. The van der Waals surface area contributed by atoms with Crippen LogP contribution in [0.1, 0.15) is 42.3 Å². The Bertz CT molecular complexity index is 660. The number of amides is 1. The summed E-state index contributed by atoms with van der Waals surface area (Å²) >= 11 is 3.34. The quantitative estimate of drug-likeness (QED) is 0.811. The number of aromatic nitrogens is 1. The Morgan fingerprint density at radius 2 is 1.82 bits per heavy atom. The number of nitrogens with zero attached hydrogens (tertiary/aromatic N) is 2. The van der Waals surface area contributed by atoms with Crippen molar-refractivity contribution in [2.45, 2.75) is 32.7 Å². The van der Waals surface area contributed by atoms with Gasteiger partial charge in [-0.05, 0) is 38.5 Å². The highest BCUT2D eigenvalue weighted by Crippen LogP contribution is 2.22. The zero-order chi connectivity index (χ0) is 16.3. The van der Waals surface area contributed by atoms with E-state index in [1.165, 1.54) is 5.56 Å². The molecule has 0 N–H and O–H groups in total. The largest absolute Gasteiger partial charge is 0.337 e. The molecule has 0 saturated heterocycles. The van der Waals surface area contributed by atoms with Crippen LogP contribution in [-0.2, 0) is 12.0 Å². The van der Waals surface area contributed by atoms with Crippen LogP contribution in [0.5, 0.6) is 0 Å². The molecule has 22 heavy (non-hydrogen) atoms. The van der Waals surface area contributed by atoms with Crippen LogP contribution in [0.15, 0.2) is 47.2 Å². The molecule has 4 heteroatoms. The molecule has 0 spiro atoms. The van der Waals surface area contributed by atoms with Gasteiger partial charge in [0.05, 0.1) is 5.56 Å². The third kappa shape index (κ3) is 4.17. The Kier molecular flexibility index (Phi) is 5.01. The maximum atomic E-state index is 12.4. The summed E-state index contributed by atoms with van der Waals surface area (Å²) in [6, 6.07) is 10.2. The minimum absolute atomic E-state index is 0.0336. The predicted octanol–water partition coefficient (Wildman–Crippen LogP) is 4.41. The van der Waals surface area contributed by atoms with E-state index in [-0.39, 0.29) is 11.3 Å². The Balaban J connectivity index is 2.08. The van der Waals surface area contributed by atoms with Gasteiger partial charge in [-0.15, -0.1) is 0 Å². The third-order valence-electron chi connectivity index (χ3n) is 3.54. The lowest BCUT2D eigenvalue weighted by Crippen LogP contribution is -2.26. The van der Waals surface area contributed by atoms with Gasteiger partial charge >= 0.3 is 0 Å². The van der Waals surface area contributed by atoms with Crippen molar-refractivity contribution in [1.82, 2.24) is 9.88 Å². The van der Waals surface area contributed by atoms with Crippen LogP contribution in [0.2, 0.25) is 0 Å². The molecule has 1 amide bonds. The lowest BCUT2D eigenvalue weighted by atomic mass is 9.87. The molecule has 0 saturated carbocycles. The number of hydrogen-bond acceptors (Lipinski definition) is 2. The molecular weight excluding hydrogens is 340 g/mol. The smallest absolute Gasteiger partial charge is 0.255 e. The van der Waals surface area contributed by atoms with Crippen molar-refractivity contribution in [2.75, 3.05) is 7.05 Å². The van der Waals surface area contributed by atoms with E-state index in [0.717, 1.165) is 10.0 Å². The first-order valence-corrected chi connectivity index (χ1v) is 8.02. The fourth-order valence-electron chi connectivity index (χ4n) is 2.21. The van der Waals surface area contributed by atoms with E-state index < -0.39 is 0 Å². The van der Waals surface area contributed by atoms with E-state index >= 15 is 0 Å². The van der Waals surface area contributed by atoms with Gasteiger partial charge in [-0.3, -0.25) is 9.78 Å². The molecule has 0 aliphatic carbocycles. The van der Waals surface area contributed by atoms with Crippen molar-refractivity contribution in [1.29, 1.82) is 0 Å². The zero-order valence-corrected chi connectivity index (χ0v) is 15.0. The van der Waals surface area contributed by atoms with E-state index in [0.29, 0.717) is 12.1 Å². The van der Waals surface area contributed by atoms with Gasteiger partial charge < -0.3 is 4.90 Å². The first kappa shape index (κ1) is 16.7. The van der Waals surface area contributed by atoms with Crippen LogP contribution >= 0.6 is 15.9 Å². The molecule has 116 valence electrons. The fourth-order valence-corrected chi connectivity index (χ4v) is 2.57. The third-order valence-corrected chi connectivity index (χ3v) is 3.97. The van der Waals surface area contributed by atoms with Crippen molar-refractivity contribution in [3.05, 3.63) is 63.9 Å². The second-order valence-electron chi connectivity index (χ2n) is 6.50. The predicted molar refractivity (Wildman–Crippen MR) is 92.9 cm³/mol. The minimum Gasteiger partial charge on any atom is -0.337 e. The van der Waals surface area contributed by atoms with E-state index in [1.807, 2.05) is 0 Å². The van der Waals surface area contributed by atoms with Crippen LogP contribution in [0.4, 0.5) is 0 Å². The molecule has 0 bridgehead atoms. The average molecular weight is 361 g/mol. The Labute approximate surface area is 140 Å². The lowest BCUT2D eigenvalue weighted by Gasteiger charge is -2.21. The van der Waals surface area contributed by atoms with E-state index in [1.54, 1.807) is 30.4 Å². The van der Waals surface area contributed by atoms with Crippen LogP contribution in [0.25, 0.3) is 0 Å². The molecule has 2 rings (SSSR count). The summed E-state index contributed by atoms with van der Waals surface area (Å²) in [6.07, 6.45) is 3.26. The monoisotopic (exact) mass is 360 g/mol. The summed E-state index contributed by atoms with van der Waals surface area (Å²) in [5, 5.41) is 0. The molecule has 0 fully saturated rings. The van der Waals surface area contributed by atoms with Crippen LogP contribution in [0.3, 0.4) is 0 Å². The summed E-state index contributed by atoms with van der Waals surface area (Å²) in [5.74, 6) is -0.0336. The number of benzene rings is 1. The molecular formula is C18H21BrN2O. The van der Waals surface area contributed by atoms with Crippen molar-refractivity contribution in [2.24, 2.45) is 0 Å². The fraction of sp³-hybridized carbons (Fsp3) is 0.333. The van der Waals surface area contributed by atoms with Gasteiger partial charge in [0, 0.05) is 30.5 Å². The lowest BCUT2D eigenvalue weighted by molar-refractivity contribution is 0.0784. The molecule has 1 heterocycles. The van der Waals surface area contributed by atoms with Gasteiger partial charge in [0.25, 0.3) is 5.91 Å². The van der Waals surface area contributed by atoms with Crippen molar-refractivity contribution in [3.63, 3.8) is 0 Å². The second kappa shape index (κ2) is 6.61. The number of hydrogen-bond donors (Lipinski definition) is 0. The highest BCUT2D eigenvalue weighted by molar-refractivity contribution is 9.10. The molecule has 1 aromatic carbocycles. The zero-order valence-electron chi connectivity index (χ0n) is 13.4. The summed E-state index contributed by atoms with van der Waals surface area (Å²) in [5.41, 5.74) is 3.14. The standard InChI is InChI=1S/C18H21BrN2O/c1-18(2,3)15-7-5-13(6-8-15)12-21(4)17(22)14-9-16(19)11-20-10-14/h5-11H,12H2,1-4H3. The van der Waals surface area contributed by atoms with Crippen LogP contribution in [-0.4, -0.2) is 22.8 Å². The normalized spacial score (nSPS) is 11.3. The summed E-state index contributed by atoms with van der Waals surface area (Å²) in [4.78, 5) is 18.1. The number of carbonyl (C=O) groups is 1. The van der Waals surface area contributed by atoms with Crippen molar-refractivity contribution in [3.8, 4) is 0 Å². The number of rotatable bonds is 3. The first-order chi connectivity index (χ1) is 10.3. The SMILES string of the molecule is CN(Cc1ccc(C(C)(C)C)cc1)C(=O)c1cncc(Br)c1. The van der Waals surface area contributed by atoms with Crippen molar-refractivity contribution < 1.29 is 4.79 Å². The molecule has 0 atom stereocenters. The maximum absolute atomic E-state index is 12.4. The number of pyridine rings is 1. The Morgan fingerprint density at radius 1 is 1.18 bits per heavy atom. The summed E-state index contributed by atoms with van der Waals surface area (Å²) < 4.78 is 0.807. The van der Waals surface area contributed by atoms with E-state index in [2.05, 4.69) is 66.0 Å². The van der Waals surface area contributed by atoms with Crippen LogP contribution < -0.4 is 0 Å². The van der Waals surface area contributed by atoms with E-state index in [9.17, 15) is 4.79 Å². The highest BCUT2D eigenvalue weighted by Gasteiger charge is 2.15. The van der Waals surface area contributed by atoms with Gasteiger partial charge in [-0.1, -0.05) is 45.0 Å². The summed E-state index contributed by atoms with van der Waals surface area (Å²) in [7, 11) is 1.81. The van der Waals surface area contributed by atoms with Gasteiger partial charge in [-0.2, -0.15) is 0 Å². The minimum atomic E-state index is -0.0336. The summed E-state index contributed by atoms with van der Waals surface area (Å²) in [6.45, 7) is 7.16. The molecule has 0 aliphatic rings. The van der Waals surface area contributed by atoms with Gasteiger partial charge in [0.15, 0.2) is 0 Å². The van der Waals surface area contributed by atoms with Gasteiger partial charge in [0.1, 0.15) is 0 Å². The Morgan fingerprint density at radius 3 is 2.36 bits per heavy atom. The average Bonchev–Trinajstić information content (AvgIpc) is 2.46. The maximum Gasteiger partial charge on any atom is 0.255 e. The molecule has 0 radical (unpaired) electrons. The number of halogens is 1. The van der Waals surface area contributed by atoms with Crippen LogP contribution in [0, 0.1) is 0 Å². The molecule has 0 unspecified atom stereocenters. The second-order valence-corrected chi connectivity index (χ2v) is 7.42. The van der Waals surface area contributed by atoms with Gasteiger partial charge in [0.2, 0.25) is 0 Å². The topological polar surface area (TPSA) is 33.2 Å². The Hall–Kier alpha value is -1.68. The molecule has 2 aromatic rings. The highest BCUT2D eigenvalue weighted by atomic mass is 79.9. The molecule has 0 aliphatic heterocycles. The first-order valence-electron chi connectivity index (χ1n) is 7.23. The van der Waals surface area contributed by atoms with Crippen molar-refractivity contribution >= 4 is 21.8 Å². The number of carbonyl (C=O) groups excluding carboxylic acids is 1. The van der Waals surface area contributed by atoms with E-state index in [4.69, 9.17) is 0 Å². The molecule has 3 nitrogen and oxygen atoms in total.